The molecule has 2 rings (SSSR count). The molecular formula is C17H24NO2+. The maximum absolute atomic E-state index is 5.44. The molecule has 0 fully saturated rings. The Morgan fingerprint density at radius 1 is 1.25 bits per heavy atom. The highest BCUT2D eigenvalue weighted by molar-refractivity contribution is 5.99. The van der Waals surface area contributed by atoms with E-state index in [4.69, 9.17) is 9.47 Å². The number of unbranched alkanes of at least 4 members (excludes halogenated alkanes) is 1. The molecule has 0 atom stereocenters. The second kappa shape index (κ2) is 6.60. The molecule has 3 heteroatoms. The van der Waals surface area contributed by atoms with Gasteiger partial charge in [-0.25, -0.2) is 4.58 Å². The zero-order valence-electron chi connectivity index (χ0n) is 12.7. The third kappa shape index (κ3) is 2.87. The topological polar surface area (TPSA) is 21.5 Å². The quantitative estimate of drug-likeness (QED) is 0.452. The molecule has 0 bridgehead atoms. The van der Waals surface area contributed by atoms with Crippen molar-refractivity contribution in [3.8, 4) is 11.5 Å². The molecule has 0 spiro atoms. The molecule has 0 saturated heterocycles. The Morgan fingerprint density at radius 3 is 2.60 bits per heavy atom. The van der Waals surface area contributed by atoms with Crippen molar-refractivity contribution in [1.29, 1.82) is 0 Å². The molecule has 0 unspecified atom stereocenters. The summed E-state index contributed by atoms with van der Waals surface area (Å²) in [5.41, 5.74) is 4.06. The van der Waals surface area contributed by atoms with Crippen molar-refractivity contribution in [1.82, 2.24) is 0 Å². The summed E-state index contributed by atoms with van der Waals surface area (Å²) in [6, 6.07) is 4.24. The van der Waals surface area contributed by atoms with Crippen molar-refractivity contribution in [2.45, 2.75) is 25.7 Å². The van der Waals surface area contributed by atoms with Crippen LogP contribution in [-0.4, -0.2) is 38.1 Å². The fourth-order valence-corrected chi connectivity index (χ4v) is 2.76. The van der Waals surface area contributed by atoms with E-state index in [1.807, 2.05) is 6.08 Å². The van der Waals surface area contributed by atoms with E-state index in [1.165, 1.54) is 16.8 Å². The molecule has 0 saturated carbocycles. The fourth-order valence-electron chi connectivity index (χ4n) is 2.76. The zero-order chi connectivity index (χ0) is 14.5. The van der Waals surface area contributed by atoms with E-state index in [1.54, 1.807) is 14.2 Å². The number of likely N-dealkylation sites (N-methyl/N-ethyl adjacent to an activating group) is 1. The first kappa shape index (κ1) is 14.6. The lowest BCUT2D eigenvalue weighted by molar-refractivity contribution is -0.499. The van der Waals surface area contributed by atoms with Crippen molar-refractivity contribution >= 4 is 5.71 Å². The lowest BCUT2D eigenvalue weighted by Crippen LogP contribution is -2.27. The summed E-state index contributed by atoms with van der Waals surface area (Å²) in [6.45, 7) is 4.86. The standard InChI is InChI=1S/C17H24NO2/c1-5-6-7-8-15-14-12-17(20-4)16(19-3)11-13(14)9-10-18(15)2/h5,11-12H,1,6-10H2,2-4H3/q+1. The van der Waals surface area contributed by atoms with Crippen LogP contribution < -0.4 is 9.47 Å². The predicted octanol–water partition coefficient (Wildman–Crippen LogP) is 3.05. The van der Waals surface area contributed by atoms with Gasteiger partial charge in [0.05, 0.1) is 14.2 Å². The van der Waals surface area contributed by atoms with Gasteiger partial charge in [0.25, 0.3) is 0 Å². The van der Waals surface area contributed by atoms with Crippen molar-refractivity contribution in [2.75, 3.05) is 27.8 Å². The smallest absolute Gasteiger partial charge is 0.183 e. The number of fused-ring (bicyclic) bond motifs is 1. The Labute approximate surface area is 121 Å². The highest BCUT2D eigenvalue weighted by Crippen LogP contribution is 2.33. The van der Waals surface area contributed by atoms with Gasteiger partial charge in [-0.3, -0.25) is 0 Å². The van der Waals surface area contributed by atoms with Gasteiger partial charge in [0.1, 0.15) is 13.6 Å². The SMILES string of the molecule is C=CCCCC1=[N+](C)CCc2cc(OC)c(OC)cc21. The number of allylic oxidation sites excluding steroid dienone is 1. The minimum absolute atomic E-state index is 0.808. The van der Waals surface area contributed by atoms with Crippen LogP contribution in [0.25, 0.3) is 0 Å². The normalized spacial score (nSPS) is 13.9. The molecule has 1 aliphatic heterocycles. The summed E-state index contributed by atoms with van der Waals surface area (Å²) in [6.07, 6.45) is 6.30. The first-order valence-electron chi connectivity index (χ1n) is 7.14. The minimum Gasteiger partial charge on any atom is -0.493 e. The molecule has 1 aliphatic rings. The van der Waals surface area contributed by atoms with Gasteiger partial charge in [-0.05, 0) is 30.5 Å². The Morgan fingerprint density at radius 2 is 1.95 bits per heavy atom. The monoisotopic (exact) mass is 274 g/mol. The minimum atomic E-state index is 0.808. The molecule has 0 aliphatic carbocycles. The van der Waals surface area contributed by atoms with Gasteiger partial charge in [0.15, 0.2) is 17.2 Å². The Bertz CT molecular complexity index is 532. The highest BCUT2D eigenvalue weighted by atomic mass is 16.5. The van der Waals surface area contributed by atoms with Gasteiger partial charge >= 0.3 is 0 Å². The van der Waals surface area contributed by atoms with Crippen LogP contribution in [0.3, 0.4) is 0 Å². The molecule has 20 heavy (non-hydrogen) atoms. The fraction of sp³-hybridized carbons (Fsp3) is 0.471. The van der Waals surface area contributed by atoms with Gasteiger partial charge in [0.2, 0.25) is 0 Å². The highest BCUT2D eigenvalue weighted by Gasteiger charge is 2.25. The van der Waals surface area contributed by atoms with Gasteiger partial charge in [-0.2, -0.15) is 0 Å². The van der Waals surface area contributed by atoms with E-state index < -0.39 is 0 Å². The van der Waals surface area contributed by atoms with Crippen LogP contribution in [0.5, 0.6) is 11.5 Å². The molecule has 0 radical (unpaired) electrons. The predicted molar refractivity (Wildman–Crippen MR) is 82.5 cm³/mol. The van der Waals surface area contributed by atoms with Crippen molar-refractivity contribution < 1.29 is 14.0 Å². The van der Waals surface area contributed by atoms with Crippen LogP contribution >= 0.6 is 0 Å². The molecule has 1 aromatic carbocycles. The first-order valence-corrected chi connectivity index (χ1v) is 7.14. The summed E-state index contributed by atoms with van der Waals surface area (Å²) in [4.78, 5) is 0. The van der Waals surface area contributed by atoms with E-state index in [9.17, 15) is 0 Å². The Balaban J connectivity index is 2.38. The molecule has 108 valence electrons. The maximum atomic E-state index is 5.44. The first-order chi connectivity index (χ1) is 9.71. The molecule has 3 nitrogen and oxygen atoms in total. The number of hydrogen-bond donors (Lipinski definition) is 0. The average molecular weight is 274 g/mol. The molecule has 0 amide bonds. The summed E-state index contributed by atoms with van der Waals surface area (Å²) >= 11 is 0. The van der Waals surface area contributed by atoms with Crippen molar-refractivity contribution in [2.24, 2.45) is 0 Å². The van der Waals surface area contributed by atoms with Gasteiger partial charge in [0, 0.05) is 18.4 Å². The number of rotatable bonds is 6. The summed E-state index contributed by atoms with van der Waals surface area (Å²) in [5.74, 6) is 1.63. The van der Waals surface area contributed by atoms with Crippen LogP contribution in [-0.2, 0) is 6.42 Å². The number of ether oxygens (including phenoxy) is 2. The van der Waals surface area contributed by atoms with Crippen molar-refractivity contribution in [3.63, 3.8) is 0 Å². The Hall–Kier alpha value is -1.77. The lowest BCUT2D eigenvalue weighted by Gasteiger charge is -2.19. The molecule has 1 heterocycles. The number of benzene rings is 1. The maximum Gasteiger partial charge on any atom is 0.183 e. The average Bonchev–Trinajstić information content (AvgIpc) is 2.48. The molecule has 0 aromatic heterocycles. The van der Waals surface area contributed by atoms with E-state index in [-0.39, 0.29) is 0 Å². The zero-order valence-corrected chi connectivity index (χ0v) is 12.7. The van der Waals surface area contributed by atoms with E-state index in [0.717, 1.165) is 43.7 Å². The third-order valence-corrected chi connectivity index (χ3v) is 3.92. The van der Waals surface area contributed by atoms with Gasteiger partial charge < -0.3 is 9.47 Å². The summed E-state index contributed by atoms with van der Waals surface area (Å²) < 4.78 is 13.2. The largest absolute Gasteiger partial charge is 0.493 e. The molecule has 1 aromatic rings. The second-order valence-electron chi connectivity index (χ2n) is 5.16. The lowest BCUT2D eigenvalue weighted by atomic mass is 9.93. The number of methoxy groups -OCH3 is 2. The van der Waals surface area contributed by atoms with Crippen LogP contribution in [0.15, 0.2) is 24.8 Å². The number of hydrogen-bond acceptors (Lipinski definition) is 2. The van der Waals surface area contributed by atoms with Gasteiger partial charge in [-0.1, -0.05) is 6.08 Å². The third-order valence-electron chi connectivity index (χ3n) is 3.92. The van der Waals surface area contributed by atoms with E-state index >= 15 is 0 Å². The molecular weight excluding hydrogens is 250 g/mol. The van der Waals surface area contributed by atoms with Crippen LogP contribution in [0.2, 0.25) is 0 Å². The summed E-state index contributed by atoms with van der Waals surface area (Å²) in [7, 11) is 5.55. The van der Waals surface area contributed by atoms with Crippen LogP contribution in [0.1, 0.15) is 30.4 Å². The van der Waals surface area contributed by atoms with E-state index in [0.29, 0.717) is 0 Å². The summed E-state index contributed by atoms with van der Waals surface area (Å²) in [5, 5.41) is 0. The van der Waals surface area contributed by atoms with E-state index in [2.05, 4.69) is 30.3 Å². The van der Waals surface area contributed by atoms with Crippen LogP contribution in [0, 0.1) is 0 Å². The Kier molecular flexibility index (Phi) is 4.83. The molecule has 0 N–H and O–H groups in total. The second-order valence-corrected chi connectivity index (χ2v) is 5.16. The van der Waals surface area contributed by atoms with Crippen molar-refractivity contribution in [3.05, 3.63) is 35.9 Å². The van der Waals surface area contributed by atoms with Gasteiger partial charge in [-0.15, -0.1) is 6.58 Å². The number of nitrogens with zero attached hydrogens (tertiary/aromatic N) is 1. The van der Waals surface area contributed by atoms with Crippen LogP contribution in [0.4, 0.5) is 0 Å².